The Morgan fingerprint density at radius 2 is 2.00 bits per heavy atom. The Hall–Kier alpha value is -2.99. The molecule has 7 heteroatoms. The van der Waals surface area contributed by atoms with E-state index >= 15 is 0 Å². The summed E-state index contributed by atoms with van der Waals surface area (Å²) in [6.07, 6.45) is 2.17. The third-order valence-electron chi connectivity index (χ3n) is 4.94. The first-order valence-corrected chi connectivity index (χ1v) is 9.05. The van der Waals surface area contributed by atoms with Crippen LogP contribution >= 0.6 is 11.6 Å². The second-order valence-electron chi connectivity index (χ2n) is 6.62. The first-order valence-electron chi connectivity index (χ1n) is 8.67. The van der Waals surface area contributed by atoms with E-state index in [-0.39, 0.29) is 18.6 Å². The lowest BCUT2D eigenvalue weighted by Gasteiger charge is -2.24. The standard InChI is InChI=1S/C20H16ClN3O3/c21-16-4-2-1-3-13(16)14-8-19(25)23-20-15(14)9-22-24(20)10-12-5-6-17-18(7-12)27-11-26-17/h1-7,9,14H,8,10-11H2,(H,23,25)/t14-/m0/s1. The number of hydrogen-bond donors (Lipinski definition) is 1. The number of rotatable bonds is 3. The van der Waals surface area contributed by atoms with Gasteiger partial charge in [-0.25, -0.2) is 4.68 Å². The van der Waals surface area contributed by atoms with E-state index in [1.165, 1.54) is 0 Å². The van der Waals surface area contributed by atoms with Crippen molar-refractivity contribution in [1.29, 1.82) is 0 Å². The molecule has 3 aromatic rings. The molecule has 6 nitrogen and oxygen atoms in total. The highest BCUT2D eigenvalue weighted by atomic mass is 35.5. The zero-order chi connectivity index (χ0) is 18.4. The van der Waals surface area contributed by atoms with Crippen molar-refractivity contribution in [2.24, 2.45) is 0 Å². The molecule has 3 heterocycles. The van der Waals surface area contributed by atoms with Gasteiger partial charge in [-0.05, 0) is 29.3 Å². The second kappa shape index (κ2) is 6.32. The predicted octanol–water partition coefficient (Wildman–Crippen LogP) is 3.79. The summed E-state index contributed by atoms with van der Waals surface area (Å²) in [5.74, 6) is 2.04. The smallest absolute Gasteiger partial charge is 0.231 e. The van der Waals surface area contributed by atoms with E-state index in [9.17, 15) is 4.79 Å². The molecule has 1 atom stereocenters. The molecule has 5 rings (SSSR count). The van der Waals surface area contributed by atoms with Crippen molar-refractivity contribution in [3.05, 3.63) is 70.4 Å². The van der Waals surface area contributed by atoms with E-state index in [1.807, 2.05) is 48.7 Å². The molecule has 2 aromatic carbocycles. The zero-order valence-electron chi connectivity index (χ0n) is 14.3. The van der Waals surface area contributed by atoms with Crippen LogP contribution in [0.5, 0.6) is 11.5 Å². The van der Waals surface area contributed by atoms with Crippen LogP contribution in [-0.4, -0.2) is 22.5 Å². The molecule has 0 fully saturated rings. The van der Waals surface area contributed by atoms with Crippen LogP contribution in [0.4, 0.5) is 5.82 Å². The van der Waals surface area contributed by atoms with Gasteiger partial charge in [0, 0.05) is 22.9 Å². The predicted molar refractivity (Wildman–Crippen MR) is 100 cm³/mol. The summed E-state index contributed by atoms with van der Waals surface area (Å²) < 4.78 is 12.6. The molecule has 1 aromatic heterocycles. The van der Waals surface area contributed by atoms with E-state index in [0.717, 1.165) is 28.2 Å². The average Bonchev–Trinajstić information content (AvgIpc) is 3.28. The highest BCUT2D eigenvalue weighted by molar-refractivity contribution is 6.31. The lowest BCUT2D eigenvalue weighted by atomic mass is 9.87. The largest absolute Gasteiger partial charge is 0.454 e. The number of hydrogen-bond acceptors (Lipinski definition) is 4. The molecule has 0 saturated heterocycles. The minimum Gasteiger partial charge on any atom is -0.454 e. The number of aromatic nitrogens is 2. The van der Waals surface area contributed by atoms with Gasteiger partial charge in [-0.15, -0.1) is 0 Å². The summed E-state index contributed by atoms with van der Waals surface area (Å²) in [5.41, 5.74) is 2.93. The SMILES string of the molecule is O=C1C[C@@H](c2ccccc2Cl)c2cnn(Cc3ccc4c(c3)OCO4)c2N1. The van der Waals surface area contributed by atoms with Crippen molar-refractivity contribution in [2.75, 3.05) is 12.1 Å². The van der Waals surface area contributed by atoms with Gasteiger partial charge in [-0.3, -0.25) is 4.79 Å². The molecule has 0 radical (unpaired) electrons. The second-order valence-corrected chi connectivity index (χ2v) is 7.03. The number of carbonyl (C=O) groups is 1. The van der Waals surface area contributed by atoms with Gasteiger partial charge >= 0.3 is 0 Å². The summed E-state index contributed by atoms with van der Waals surface area (Å²) in [4.78, 5) is 12.3. The Kier molecular flexibility index (Phi) is 3.79. The Morgan fingerprint density at radius 3 is 2.89 bits per heavy atom. The molecule has 1 amide bonds. The summed E-state index contributed by atoms with van der Waals surface area (Å²) >= 11 is 6.38. The highest BCUT2D eigenvalue weighted by Crippen LogP contribution is 2.40. The van der Waals surface area contributed by atoms with E-state index in [1.54, 1.807) is 4.68 Å². The minimum absolute atomic E-state index is 0.0418. The Labute approximate surface area is 160 Å². The molecule has 136 valence electrons. The normalized spacial score (nSPS) is 17.5. The molecular weight excluding hydrogens is 366 g/mol. The summed E-state index contributed by atoms with van der Waals surface area (Å²) in [7, 11) is 0. The van der Waals surface area contributed by atoms with Gasteiger partial charge in [0.25, 0.3) is 0 Å². The number of carbonyl (C=O) groups excluding carboxylic acids is 1. The third-order valence-corrected chi connectivity index (χ3v) is 5.28. The van der Waals surface area contributed by atoms with Gasteiger partial charge < -0.3 is 14.8 Å². The summed E-state index contributed by atoms with van der Waals surface area (Å²) in [6.45, 7) is 0.757. The van der Waals surface area contributed by atoms with Gasteiger partial charge in [-0.1, -0.05) is 35.9 Å². The van der Waals surface area contributed by atoms with Crippen molar-refractivity contribution >= 4 is 23.3 Å². The minimum atomic E-state index is -0.104. The molecule has 2 aliphatic heterocycles. The van der Waals surface area contributed by atoms with E-state index in [0.29, 0.717) is 23.8 Å². The van der Waals surface area contributed by atoms with E-state index < -0.39 is 0 Å². The summed E-state index contributed by atoms with van der Waals surface area (Å²) in [5, 5.41) is 8.14. The number of halogens is 1. The molecule has 1 N–H and O–H groups in total. The van der Waals surface area contributed by atoms with Crippen LogP contribution in [0.1, 0.15) is 29.0 Å². The first kappa shape index (κ1) is 16.2. The van der Waals surface area contributed by atoms with Crippen molar-refractivity contribution in [3.8, 4) is 11.5 Å². The Bertz CT molecular complexity index is 1050. The van der Waals surface area contributed by atoms with Crippen LogP contribution in [-0.2, 0) is 11.3 Å². The molecular formula is C20H16ClN3O3. The van der Waals surface area contributed by atoms with Crippen molar-refractivity contribution in [2.45, 2.75) is 18.9 Å². The van der Waals surface area contributed by atoms with Crippen LogP contribution in [0.25, 0.3) is 0 Å². The molecule has 0 unspecified atom stereocenters. The molecule has 2 aliphatic rings. The third kappa shape index (κ3) is 2.82. The van der Waals surface area contributed by atoms with Crippen molar-refractivity contribution in [1.82, 2.24) is 9.78 Å². The average molecular weight is 382 g/mol. The maximum Gasteiger partial charge on any atom is 0.231 e. The number of nitrogens with one attached hydrogen (secondary N) is 1. The van der Waals surface area contributed by atoms with Crippen LogP contribution in [0.15, 0.2) is 48.7 Å². The highest BCUT2D eigenvalue weighted by Gasteiger charge is 2.31. The maximum atomic E-state index is 12.3. The number of amides is 1. The number of anilines is 1. The fourth-order valence-electron chi connectivity index (χ4n) is 3.64. The summed E-state index contributed by atoms with van der Waals surface area (Å²) in [6, 6.07) is 13.4. The van der Waals surface area contributed by atoms with Gasteiger partial charge in [0.1, 0.15) is 5.82 Å². The first-order chi connectivity index (χ1) is 13.2. The van der Waals surface area contributed by atoms with Gasteiger partial charge in [-0.2, -0.15) is 5.10 Å². The van der Waals surface area contributed by atoms with Crippen LogP contribution in [0.2, 0.25) is 5.02 Å². The van der Waals surface area contributed by atoms with E-state index in [4.69, 9.17) is 21.1 Å². The molecule has 0 saturated carbocycles. The van der Waals surface area contributed by atoms with Gasteiger partial charge in [0.05, 0.1) is 12.7 Å². The fourth-order valence-corrected chi connectivity index (χ4v) is 3.90. The number of benzene rings is 2. The molecule has 0 spiro atoms. The fraction of sp³-hybridized carbons (Fsp3) is 0.200. The Balaban J connectivity index is 1.50. The topological polar surface area (TPSA) is 65.4 Å². The monoisotopic (exact) mass is 381 g/mol. The van der Waals surface area contributed by atoms with Crippen molar-refractivity contribution < 1.29 is 14.3 Å². The van der Waals surface area contributed by atoms with Gasteiger partial charge in [0.15, 0.2) is 11.5 Å². The number of nitrogens with zero attached hydrogens (tertiary/aromatic N) is 2. The molecule has 0 aliphatic carbocycles. The molecule has 27 heavy (non-hydrogen) atoms. The lowest BCUT2D eigenvalue weighted by molar-refractivity contribution is -0.116. The van der Waals surface area contributed by atoms with Crippen LogP contribution < -0.4 is 14.8 Å². The zero-order valence-corrected chi connectivity index (χ0v) is 15.1. The quantitative estimate of drug-likeness (QED) is 0.749. The maximum absolute atomic E-state index is 12.3. The van der Waals surface area contributed by atoms with Crippen LogP contribution in [0, 0.1) is 0 Å². The lowest BCUT2D eigenvalue weighted by Crippen LogP contribution is -2.25. The Morgan fingerprint density at radius 1 is 1.15 bits per heavy atom. The van der Waals surface area contributed by atoms with Gasteiger partial charge in [0.2, 0.25) is 12.7 Å². The van der Waals surface area contributed by atoms with Crippen molar-refractivity contribution in [3.63, 3.8) is 0 Å². The number of fused-ring (bicyclic) bond motifs is 2. The van der Waals surface area contributed by atoms with Crippen LogP contribution in [0.3, 0.4) is 0 Å². The van der Waals surface area contributed by atoms with E-state index in [2.05, 4.69) is 10.4 Å². The molecule has 0 bridgehead atoms. The number of ether oxygens (including phenoxy) is 2.